The summed E-state index contributed by atoms with van der Waals surface area (Å²) in [5, 5.41) is 8.71. The van der Waals surface area contributed by atoms with E-state index in [-0.39, 0.29) is 0 Å². The number of hydrogen-bond donors (Lipinski definition) is 0. The Labute approximate surface area is 96.7 Å². The zero-order chi connectivity index (χ0) is 12.0. The lowest BCUT2D eigenvalue weighted by atomic mass is 10.0. The summed E-state index contributed by atoms with van der Waals surface area (Å²) in [6.45, 7) is 4.04. The monoisotopic (exact) mass is 207 g/mol. The summed E-state index contributed by atoms with van der Waals surface area (Å²) >= 11 is 0. The van der Waals surface area contributed by atoms with Crippen LogP contribution in [0.15, 0.2) is 42.0 Å². The molecule has 16 heavy (non-hydrogen) atoms. The third kappa shape index (κ3) is 3.15. The molecule has 0 unspecified atom stereocenters. The zero-order valence-electron chi connectivity index (χ0n) is 9.49. The lowest BCUT2D eigenvalue weighted by Crippen LogP contribution is -1.83. The van der Waals surface area contributed by atoms with E-state index in [1.165, 1.54) is 5.57 Å². The van der Waals surface area contributed by atoms with Crippen LogP contribution in [0.4, 0.5) is 0 Å². The maximum Gasteiger partial charge on any atom is 0.0991 e. The highest BCUT2D eigenvalue weighted by Gasteiger charge is 1.98. The average Bonchev–Trinajstić information content (AvgIpc) is 2.28. The molecular formula is C15H13N. The summed E-state index contributed by atoms with van der Waals surface area (Å²) in [7, 11) is 0. The quantitative estimate of drug-likeness (QED) is 0.537. The number of benzene rings is 1. The first-order chi connectivity index (χ1) is 7.67. The Morgan fingerprint density at radius 2 is 1.88 bits per heavy atom. The largest absolute Gasteiger partial charge is 0.192 e. The minimum Gasteiger partial charge on any atom is -0.192 e. The first kappa shape index (κ1) is 11.8. The van der Waals surface area contributed by atoms with Gasteiger partial charge in [-0.05, 0) is 43.2 Å². The highest BCUT2D eigenvalue weighted by atomic mass is 14.2. The molecule has 1 nitrogen and oxygen atoms in total. The van der Waals surface area contributed by atoms with E-state index in [1.54, 1.807) is 18.2 Å². The number of rotatable bonds is 2. The Morgan fingerprint density at radius 1 is 1.25 bits per heavy atom. The lowest BCUT2D eigenvalue weighted by molar-refractivity contribution is 1.39. The van der Waals surface area contributed by atoms with Gasteiger partial charge in [-0.3, -0.25) is 0 Å². The highest BCUT2D eigenvalue weighted by Crippen LogP contribution is 2.17. The van der Waals surface area contributed by atoms with Gasteiger partial charge in [-0.15, -0.1) is 6.42 Å². The second-order valence-corrected chi connectivity index (χ2v) is 3.68. The van der Waals surface area contributed by atoms with Gasteiger partial charge in [0.25, 0.3) is 0 Å². The molecule has 1 aromatic rings. The van der Waals surface area contributed by atoms with Crippen LogP contribution < -0.4 is 0 Å². The minimum absolute atomic E-state index is 0.654. The van der Waals surface area contributed by atoms with Crippen LogP contribution in [0.1, 0.15) is 25.0 Å². The molecule has 0 aliphatic heterocycles. The Bertz CT molecular complexity index is 498. The molecule has 0 heterocycles. The van der Waals surface area contributed by atoms with E-state index in [0.29, 0.717) is 5.56 Å². The summed E-state index contributed by atoms with van der Waals surface area (Å²) in [6, 6.07) is 9.48. The van der Waals surface area contributed by atoms with Crippen molar-refractivity contribution in [1.29, 1.82) is 5.26 Å². The van der Waals surface area contributed by atoms with Gasteiger partial charge in [0.05, 0.1) is 11.6 Å². The van der Waals surface area contributed by atoms with Gasteiger partial charge in [0, 0.05) is 0 Å². The van der Waals surface area contributed by atoms with Gasteiger partial charge in [0.1, 0.15) is 0 Å². The van der Waals surface area contributed by atoms with E-state index < -0.39 is 0 Å². The highest BCUT2D eigenvalue weighted by molar-refractivity contribution is 5.76. The molecule has 0 N–H and O–H groups in total. The van der Waals surface area contributed by atoms with Gasteiger partial charge in [-0.2, -0.15) is 5.26 Å². The van der Waals surface area contributed by atoms with Crippen molar-refractivity contribution in [3.8, 4) is 18.4 Å². The van der Waals surface area contributed by atoms with Gasteiger partial charge in [0.15, 0.2) is 0 Å². The normalized spacial score (nSPS) is 10.1. The molecule has 1 heteroatoms. The van der Waals surface area contributed by atoms with E-state index in [0.717, 1.165) is 11.1 Å². The third-order valence-corrected chi connectivity index (χ3v) is 2.03. The molecule has 1 aromatic carbocycles. The molecule has 0 amide bonds. The van der Waals surface area contributed by atoms with Crippen molar-refractivity contribution in [2.75, 3.05) is 0 Å². The third-order valence-electron chi connectivity index (χ3n) is 2.03. The summed E-state index contributed by atoms with van der Waals surface area (Å²) in [6.07, 6.45) is 9.05. The van der Waals surface area contributed by atoms with Crippen LogP contribution in [-0.2, 0) is 0 Å². The first-order valence-electron chi connectivity index (χ1n) is 4.99. The van der Waals surface area contributed by atoms with E-state index in [9.17, 15) is 0 Å². The van der Waals surface area contributed by atoms with Gasteiger partial charge in [0.2, 0.25) is 0 Å². The molecule has 0 radical (unpaired) electrons. The van der Waals surface area contributed by atoms with Crippen LogP contribution in [-0.4, -0.2) is 0 Å². The van der Waals surface area contributed by atoms with Crippen molar-refractivity contribution in [2.45, 2.75) is 13.8 Å². The maximum absolute atomic E-state index is 8.71. The SMILES string of the molecule is C#C/C=C(\C=C(C)C)c1ccc(C#N)cc1. The van der Waals surface area contributed by atoms with Crippen molar-refractivity contribution < 1.29 is 0 Å². The first-order valence-corrected chi connectivity index (χ1v) is 4.99. The van der Waals surface area contributed by atoms with Crippen LogP contribution in [0.3, 0.4) is 0 Å². The van der Waals surface area contributed by atoms with E-state index in [4.69, 9.17) is 11.7 Å². The van der Waals surface area contributed by atoms with Crippen LogP contribution in [0, 0.1) is 23.7 Å². The number of allylic oxidation sites excluding steroid dienone is 4. The van der Waals surface area contributed by atoms with Crippen molar-refractivity contribution >= 4 is 5.57 Å². The second kappa shape index (κ2) is 5.59. The Kier molecular flexibility index (Phi) is 4.13. The molecule has 0 aliphatic carbocycles. The summed E-state index contributed by atoms with van der Waals surface area (Å²) < 4.78 is 0. The van der Waals surface area contributed by atoms with Gasteiger partial charge < -0.3 is 0 Å². The van der Waals surface area contributed by atoms with Crippen LogP contribution in [0.25, 0.3) is 5.57 Å². The molecule has 0 fully saturated rings. The summed E-state index contributed by atoms with van der Waals surface area (Å²) in [5.41, 5.74) is 3.86. The summed E-state index contributed by atoms with van der Waals surface area (Å²) in [4.78, 5) is 0. The van der Waals surface area contributed by atoms with E-state index >= 15 is 0 Å². The second-order valence-electron chi connectivity index (χ2n) is 3.68. The van der Waals surface area contributed by atoms with Gasteiger partial charge in [-0.25, -0.2) is 0 Å². The minimum atomic E-state index is 0.654. The number of terminal acetylenes is 1. The lowest BCUT2D eigenvalue weighted by Gasteiger charge is -2.02. The standard InChI is InChI=1S/C15H13N/c1-4-5-15(10-12(2)3)14-8-6-13(11-16)7-9-14/h1,5-10H,2-3H3/b15-5+. The Hall–Kier alpha value is -2.25. The fraction of sp³-hybridized carbons (Fsp3) is 0.133. The van der Waals surface area contributed by atoms with E-state index in [2.05, 4.69) is 12.0 Å². The molecular weight excluding hydrogens is 194 g/mol. The Balaban J connectivity index is 3.15. The number of nitrogens with zero attached hydrogens (tertiary/aromatic N) is 1. The van der Waals surface area contributed by atoms with Crippen molar-refractivity contribution in [3.05, 3.63) is 53.1 Å². The summed E-state index contributed by atoms with van der Waals surface area (Å²) in [5.74, 6) is 2.53. The fourth-order valence-electron chi connectivity index (χ4n) is 1.35. The maximum atomic E-state index is 8.71. The smallest absolute Gasteiger partial charge is 0.0991 e. The van der Waals surface area contributed by atoms with Crippen LogP contribution >= 0.6 is 0 Å². The van der Waals surface area contributed by atoms with Crippen LogP contribution in [0.2, 0.25) is 0 Å². The molecule has 0 spiro atoms. The number of hydrogen-bond acceptors (Lipinski definition) is 1. The van der Waals surface area contributed by atoms with Gasteiger partial charge in [-0.1, -0.05) is 29.7 Å². The molecule has 0 saturated carbocycles. The van der Waals surface area contributed by atoms with Crippen molar-refractivity contribution in [1.82, 2.24) is 0 Å². The zero-order valence-corrected chi connectivity index (χ0v) is 9.49. The van der Waals surface area contributed by atoms with Crippen molar-refractivity contribution in [2.24, 2.45) is 0 Å². The molecule has 0 aromatic heterocycles. The van der Waals surface area contributed by atoms with Crippen LogP contribution in [0.5, 0.6) is 0 Å². The fourth-order valence-corrected chi connectivity index (χ4v) is 1.35. The topological polar surface area (TPSA) is 23.8 Å². The average molecular weight is 207 g/mol. The molecule has 0 bridgehead atoms. The molecule has 0 aliphatic rings. The van der Waals surface area contributed by atoms with Crippen molar-refractivity contribution in [3.63, 3.8) is 0 Å². The Morgan fingerprint density at radius 3 is 2.31 bits per heavy atom. The predicted octanol–water partition coefficient (Wildman–Crippen LogP) is 3.54. The van der Waals surface area contributed by atoms with Gasteiger partial charge >= 0.3 is 0 Å². The molecule has 0 saturated heterocycles. The predicted molar refractivity (Wildman–Crippen MR) is 67.4 cm³/mol. The van der Waals surface area contributed by atoms with E-state index in [1.807, 2.05) is 32.1 Å². The molecule has 78 valence electrons. The molecule has 1 rings (SSSR count). The number of nitriles is 1. The molecule has 0 atom stereocenters.